The fourth-order valence-corrected chi connectivity index (χ4v) is 2.33. The molecule has 1 atom stereocenters. The first-order valence-corrected chi connectivity index (χ1v) is 6.86. The number of fused-ring (bicyclic) bond motifs is 1. The molecule has 0 aliphatic carbocycles. The third kappa shape index (κ3) is 2.99. The Bertz CT molecular complexity index is 528. The summed E-state index contributed by atoms with van der Waals surface area (Å²) in [5, 5.41) is 5.84. The second-order valence-electron chi connectivity index (χ2n) is 5.30. The zero-order valence-corrected chi connectivity index (χ0v) is 12.2. The van der Waals surface area contributed by atoms with Crippen LogP contribution in [-0.4, -0.2) is 43.9 Å². The molecule has 0 radical (unpaired) electrons. The maximum absolute atomic E-state index is 12.1. The van der Waals surface area contributed by atoms with Crippen LogP contribution in [0.4, 0.5) is 5.69 Å². The number of carbonyl (C=O) groups excluding carboxylic acids is 2. The highest BCUT2D eigenvalue weighted by molar-refractivity contribution is 5.99. The lowest BCUT2D eigenvalue weighted by Crippen LogP contribution is -2.34. The summed E-state index contributed by atoms with van der Waals surface area (Å²) < 4.78 is 0. The predicted molar refractivity (Wildman–Crippen MR) is 78.8 cm³/mol. The maximum Gasteiger partial charge on any atom is 0.253 e. The molecule has 1 aliphatic rings. The number of hydrogen-bond acceptors (Lipinski definition) is 3. The minimum Gasteiger partial charge on any atom is -0.341 e. The van der Waals surface area contributed by atoms with Crippen LogP contribution in [0.3, 0.4) is 0 Å². The SMILES string of the molecule is CNCC(C)C(=O)Nc1ccc2c(c1)C(=O)N(C)CC2. The van der Waals surface area contributed by atoms with Gasteiger partial charge < -0.3 is 15.5 Å². The van der Waals surface area contributed by atoms with E-state index in [1.165, 1.54) is 0 Å². The van der Waals surface area contributed by atoms with Gasteiger partial charge in [0.25, 0.3) is 5.91 Å². The van der Waals surface area contributed by atoms with Crippen LogP contribution in [0.2, 0.25) is 0 Å². The van der Waals surface area contributed by atoms with Gasteiger partial charge in [-0.05, 0) is 31.2 Å². The molecule has 0 saturated carbocycles. The highest BCUT2D eigenvalue weighted by atomic mass is 16.2. The molecule has 1 unspecified atom stereocenters. The Labute approximate surface area is 119 Å². The summed E-state index contributed by atoms with van der Waals surface area (Å²) >= 11 is 0. The quantitative estimate of drug-likeness (QED) is 0.865. The fraction of sp³-hybridized carbons (Fsp3) is 0.467. The van der Waals surface area contributed by atoms with Crippen molar-refractivity contribution in [2.45, 2.75) is 13.3 Å². The van der Waals surface area contributed by atoms with Gasteiger partial charge in [-0.3, -0.25) is 9.59 Å². The van der Waals surface area contributed by atoms with E-state index < -0.39 is 0 Å². The Morgan fingerprint density at radius 1 is 1.45 bits per heavy atom. The minimum absolute atomic E-state index is 0.0191. The molecule has 0 spiro atoms. The zero-order valence-electron chi connectivity index (χ0n) is 12.2. The van der Waals surface area contributed by atoms with E-state index in [-0.39, 0.29) is 17.7 Å². The molecule has 20 heavy (non-hydrogen) atoms. The van der Waals surface area contributed by atoms with Crippen molar-refractivity contribution in [3.05, 3.63) is 29.3 Å². The summed E-state index contributed by atoms with van der Waals surface area (Å²) in [5.41, 5.74) is 2.42. The van der Waals surface area contributed by atoms with E-state index >= 15 is 0 Å². The van der Waals surface area contributed by atoms with Gasteiger partial charge in [0.05, 0.1) is 0 Å². The molecule has 0 aromatic heterocycles. The smallest absolute Gasteiger partial charge is 0.253 e. The van der Waals surface area contributed by atoms with Crippen LogP contribution in [-0.2, 0) is 11.2 Å². The van der Waals surface area contributed by atoms with Crippen molar-refractivity contribution in [3.8, 4) is 0 Å². The Hall–Kier alpha value is -1.88. The number of anilines is 1. The molecule has 0 saturated heterocycles. The van der Waals surface area contributed by atoms with Gasteiger partial charge >= 0.3 is 0 Å². The Morgan fingerprint density at radius 3 is 2.90 bits per heavy atom. The van der Waals surface area contributed by atoms with Crippen LogP contribution < -0.4 is 10.6 Å². The number of rotatable bonds is 4. The summed E-state index contributed by atoms with van der Waals surface area (Å²) in [6.07, 6.45) is 0.863. The van der Waals surface area contributed by atoms with Crippen LogP contribution in [0.25, 0.3) is 0 Å². The first kappa shape index (κ1) is 14.5. The van der Waals surface area contributed by atoms with Gasteiger partial charge in [0, 0.05) is 37.3 Å². The van der Waals surface area contributed by atoms with Crippen molar-refractivity contribution in [3.63, 3.8) is 0 Å². The number of hydrogen-bond donors (Lipinski definition) is 2. The van der Waals surface area contributed by atoms with Crippen molar-refractivity contribution in [2.75, 3.05) is 32.5 Å². The molecule has 108 valence electrons. The molecule has 5 heteroatoms. The van der Waals surface area contributed by atoms with Gasteiger partial charge in [-0.15, -0.1) is 0 Å². The maximum atomic E-state index is 12.1. The molecule has 1 aromatic carbocycles. The third-order valence-corrected chi connectivity index (χ3v) is 3.63. The van der Waals surface area contributed by atoms with E-state index in [4.69, 9.17) is 0 Å². The van der Waals surface area contributed by atoms with E-state index in [0.29, 0.717) is 17.8 Å². The van der Waals surface area contributed by atoms with Crippen molar-refractivity contribution in [1.29, 1.82) is 0 Å². The van der Waals surface area contributed by atoms with Crippen LogP contribution in [0, 0.1) is 5.92 Å². The highest BCUT2D eigenvalue weighted by Crippen LogP contribution is 2.22. The molecular weight excluding hydrogens is 254 g/mol. The van der Waals surface area contributed by atoms with Crippen molar-refractivity contribution in [2.24, 2.45) is 5.92 Å². The molecule has 0 fully saturated rings. The zero-order chi connectivity index (χ0) is 14.7. The molecule has 2 amide bonds. The lowest BCUT2D eigenvalue weighted by molar-refractivity contribution is -0.119. The summed E-state index contributed by atoms with van der Waals surface area (Å²) in [4.78, 5) is 25.8. The van der Waals surface area contributed by atoms with E-state index in [0.717, 1.165) is 18.5 Å². The lowest BCUT2D eigenvalue weighted by atomic mass is 9.98. The summed E-state index contributed by atoms with van der Waals surface area (Å²) in [6.45, 7) is 3.23. The second-order valence-corrected chi connectivity index (χ2v) is 5.30. The third-order valence-electron chi connectivity index (χ3n) is 3.63. The number of benzene rings is 1. The molecule has 1 aliphatic heterocycles. The number of amides is 2. The van der Waals surface area contributed by atoms with Crippen molar-refractivity contribution in [1.82, 2.24) is 10.2 Å². The number of nitrogens with one attached hydrogen (secondary N) is 2. The Kier molecular flexibility index (Phi) is 4.39. The van der Waals surface area contributed by atoms with Crippen molar-refractivity contribution < 1.29 is 9.59 Å². The van der Waals surface area contributed by atoms with E-state index in [2.05, 4.69) is 10.6 Å². The topological polar surface area (TPSA) is 61.4 Å². The first-order valence-electron chi connectivity index (χ1n) is 6.86. The van der Waals surface area contributed by atoms with Crippen molar-refractivity contribution >= 4 is 17.5 Å². The van der Waals surface area contributed by atoms with Crippen LogP contribution in [0.5, 0.6) is 0 Å². The van der Waals surface area contributed by atoms with Gasteiger partial charge in [-0.25, -0.2) is 0 Å². The molecule has 2 N–H and O–H groups in total. The molecular formula is C15H21N3O2. The van der Waals surface area contributed by atoms with Gasteiger partial charge in [-0.1, -0.05) is 13.0 Å². The van der Waals surface area contributed by atoms with Crippen LogP contribution in [0.15, 0.2) is 18.2 Å². The second kappa shape index (κ2) is 6.05. The molecule has 5 nitrogen and oxygen atoms in total. The fourth-order valence-electron chi connectivity index (χ4n) is 2.33. The lowest BCUT2D eigenvalue weighted by Gasteiger charge is -2.25. The van der Waals surface area contributed by atoms with E-state index in [9.17, 15) is 9.59 Å². The van der Waals surface area contributed by atoms with Crippen LogP contribution in [0.1, 0.15) is 22.8 Å². The van der Waals surface area contributed by atoms with Gasteiger partial charge in [0.15, 0.2) is 0 Å². The Morgan fingerprint density at radius 2 is 2.20 bits per heavy atom. The Balaban J connectivity index is 2.15. The minimum atomic E-state index is -0.116. The number of carbonyl (C=O) groups is 2. The first-order chi connectivity index (χ1) is 9.52. The standard InChI is InChI=1S/C15H21N3O2/c1-10(9-16-2)14(19)17-12-5-4-11-6-7-18(3)15(20)13(11)8-12/h4-5,8,10,16H,6-7,9H2,1-3H3,(H,17,19). The van der Waals surface area contributed by atoms with Gasteiger partial charge in [0.2, 0.25) is 5.91 Å². The van der Waals surface area contributed by atoms with Gasteiger partial charge in [0.1, 0.15) is 0 Å². The number of nitrogens with zero attached hydrogens (tertiary/aromatic N) is 1. The molecule has 1 heterocycles. The largest absolute Gasteiger partial charge is 0.341 e. The normalized spacial score (nSPS) is 15.8. The van der Waals surface area contributed by atoms with Gasteiger partial charge in [-0.2, -0.15) is 0 Å². The molecule has 1 aromatic rings. The highest BCUT2D eigenvalue weighted by Gasteiger charge is 2.22. The number of likely N-dealkylation sites (N-methyl/N-ethyl adjacent to an activating group) is 1. The molecule has 0 bridgehead atoms. The van der Waals surface area contributed by atoms with E-state index in [1.54, 1.807) is 18.0 Å². The monoisotopic (exact) mass is 275 g/mol. The average molecular weight is 275 g/mol. The van der Waals surface area contributed by atoms with E-state index in [1.807, 2.05) is 26.1 Å². The summed E-state index contributed by atoms with van der Waals surface area (Å²) in [5.74, 6) is -0.143. The summed E-state index contributed by atoms with van der Waals surface area (Å²) in [6, 6.07) is 5.57. The average Bonchev–Trinajstić information content (AvgIpc) is 2.43. The van der Waals surface area contributed by atoms with Crippen LogP contribution >= 0.6 is 0 Å². The predicted octanol–water partition coefficient (Wildman–Crippen LogP) is 1.11. The molecule has 2 rings (SSSR count). The summed E-state index contributed by atoms with van der Waals surface area (Å²) in [7, 11) is 3.61.